The standard InChI is InChI=1S/C23H27F3N6O2/c1-13-30-17-11-18(28-3)19(33-6-7-34-22(2)4-5-22)10-16(17)21(31-13)29-12-15-8-14(23(24,25)26)9-20(27)32-15/h8-11,28H,4-7,12H2,1-3H3,(H2,27,32)(H,29,30,31). The van der Waals surface area contributed by atoms with Gasteiger partial charge in [0.1, 0.15) is 29.8 Å². The van der Waals surface area contributed by atoms with E-state index < -0.39 is 11.7 Å². The molecular weight excluding hydrogens is 449 g/mol. The molecule has 1 aromatic carbocycles. The lowest BCUT2D eigenvalue weighted by molar-refractivity contribution is -0.137. The molecule has 0 unspecified atom stereocenters. The fourth-order valence-electron chi connectivity index (χ4n) is 3.52. The molecule has 34 heavy (non-hydrogen) atoms. The third kappa shape index (κ3) is 5.58. The molecule has 0 amide bonds. The van der Waals surface area contributed by atoms with Gasteiger partial charge in [0.05, 0.1) is 41.2 Å². The van der Waals surface area contributed by atoms with Crippen molar-refractivity contribution in [2.75, 3.05) is 36.6 Å². The van der Waals surface area contributed by atoms with Crippen LogP contribution in [0.15, 0.2) is 24.3 Å². The Bertz CT molecular complexity index is 1200. The van der Waals surface area contributed by atoms with Crippen molar-refractivity contribution in [2.24, 2.45) is 0 Å². The number of ether oxygens (including phenoxy) is 2. The van der Waals surface area contributed by atoms with E-state index in [1.807, 2.05) is 6.07 Å². The Balaban J connectivity index is 1.57. The van der Waals surface area contributed by atoms with Gasteiger partial charge in [0, 0.05) is 12.4 Å². The van der Waals surface area contributed by atoms with Crippen LogP contribution < -0.4 is 21.1 Å². The zero-order valence-corrected chi connectivity index (χ0v) is 19.2. The van der Waals surface area contributed by atoms with Gasteiger partial charge in [-0.15, -0.1) is 0 Å². The number of alkyl halides is 3. The smallest absolute Gasteiger partial charge is 0.416 e. The number of nitrogens with one attached hydrogen (secondary N) is 2. The number of rotatable bonds is 9. The number of halogens is 3. The molecule has 4 N–H and O–H groups in total. The van der Waals surface area contributed by atoms with Gasteiger partial charge < -0.3 is 25.8 Å². The summed E-state index contributed by atoms with van der Waals surface area (Å²) in [7, 11) is 1.78. The first-order valence-electron chi connectivity index (χ1n) is 10.9. The van der Waals surface area contributed by atoms with Crippen LogP contribution in [0, 0.1) is 6.92 Å². The highest BCUT2D eigenvalue weighted by Crippen LogP contribution is 2.38. The summed E-state index contributed by atoms with van der Waals surface area (Å²) in [6.07, 6.45) is -2.40. The molecular formula is C23H27F3N6O2. The van der Waals surface area contributed by atoms with Crippen LogP contribution in [0.5, 0.6) is 5.75 Å². The van der Waals surface area contributed by atoms with Crippen LogP contribution in [0.25, 0.3) is 10.9 Å². The van der Waals surface area contributed by atoms with Crippen molar-refractivity contribution < 1.29 is 22.6 Å². The molecule has 2 aromatic heterocycles. The summed E-state index contributed by atoms with van der Waals surface area (Å²) in [6.45, 7) is 4.65. The molecule has 4 rings (SSSR count). The lowest BCUT2D eigenvalue weighted by Gasteiger charge is -2.16. The average molecular weight is 477 g/mol. The second kappa shape index (κ2) is 9.13. The van der Waals surface area contributed by atoms with E-state index in [0.29, 0.717) is 41.5 Å². The zero-order valence-electron chi connectivity index (χ0n) is 19.2. The summed E-state index contributed by atoms with van der Waals surface area (Å²) in [5.74, 6) is 1.35. The maximum Gasteiger partial charge on any atom is 0.416 e. The largest absolute Gasteiger partial charge is 0.489 e. The fourth-order valence-corrected chi connectivity index (χ4v) is 3.52. The van der Waals surface area contributed by atoms with E-state index in [9.17, 15) is 13.2 Å². The third-order valence-corrected chi connectivity index (χ3v) is 5.59. The number of aryl methyl sites for hydroxylation is 1. The fraction of sp³-hybridized carbons (Fsp3) is 0.435. The number of aromatic nitrogens is 3. The Labute approximate surface area is 195 Å². The van der Waals surface area contributed by atoms with Crippen LogP contribution in [-0.2, 0) is 17.5 Å². The summed E-state index contributed by atoms with van der Waals surface area (Å²) in [5, 5.41) is 6.84. The number of nitrogens with zero attached hydrogens (tertiary/aromatic N) is 3. The summed E-state index contributed by atoms with van der Waals surface area (Å²) >= 11 is 0. The first-order chi connectivity index (χ1) is 16.1. The topological polar surface area (TPSA) is 107 Å². The monoisotopic (exact) mass is 476 g/mol. The molecule has 0 radical (unpaired) electrons. The van der Waals surface area contributed by atoms with E-state index in [2.05, 4.69) is 32.5 Å². The maximum absolute atomic E-state index is 13.1. The molecule has 3 aromatic rings. The van der Waals surface area contributed by atoms with Gasteiger partial charge in [0.25, 0.3) is 0 Å². The lowest BCUT2D eigenvalue weighted by atomic mass is 10.1. The van der Waals surface area contributed by atoms with E-state index in [4.69, 9.17) is 15.2 Å². The van der Waals surface area contributed by atoms with Gasteiger partial charge in [0.15, 0.2) is 0 Å². The minimum Gasteiger partial charge on any atom is -0.489 e. The minimum absolute atomic E-state index is 0.00390. The number of pyridine rings is 1. The van der Waals surface area contributed by atoms with Crippen LogP contribution in [0.4, 0.5) is 30.5 Å². The molecule has 0 bridgehead atoms. The van der Waals surface area contributed by atoms with Crippen LogP contribution in [0.3, 0.4) is 0 Å². The van der Waals surface area contributed by atoms with E-state index in [1.54, 1.807) is 20.0 Å². The minimum atomic E-state index is -4.51. The van der Waals surface area contributed by atoms with Crippen molar-refractivity contribution in [3.05, 3.63) is 41.3 Å². The van der Waals surface area contributed by atoms with Crippen LogP contribution in [0.2, 0.25) is 0 Å². The van der Waals surface area contributed by atoms with E-state index in [-0.39, 0.29) is 23.7 Å². The SMILES string of the molecule is CNc1cc2nc(C)nc(NCc3cc(C(F)(F)F)cc(N)n3)c2cc1OCCOC1(C)CC1. The van der Waals surface area contributed by atoms with Gasteiger partial charge in [-0.1, -0.05) is 0 Å². The first kappa shape index (κ1) is 23.8. The second-order valence-electron chi connectivity index (χ2n) is 8.51. The average Bonchev–Trinajstić information content (AvgIpc) is 3.50. The molecule has 0 spiro atoms. The van der Waals surface area contributed by atoms with Crippen molar-refractivity contribution in [3.8, 4) is 5.75 Å². The number of hydrogen-bond acceptors (Lipinski definition) is 8. The van der Waals surface area contributed by atoms with Crippen molar-refractivity contribution in [3.63, 3.8) is 0 Å². The van der Waals surface area contributed by atoms with E-state index in [1.165, 1.54) is 0 Å². The molecule has 11 heteroatoms. The summed E-state index contributed by atoms with van der Waals surface area (Å²) in [5.41, 5.74) is 6.26. The van der Waals surface area contributed by atoms with Gasteiger partial charge in [-0.3, -0.25) is 0 Å². The van der Waals surface area contributed by atoms with Gasteiger partial charge in [-0.2, -0.15) is 13.2 Å². The van der Waals surface area contributed by atoms with Crippen molar-refractivity contribution in [1.29, 1.82) is 0 Å². The molecule has 8 nitrogen and oxygen atoms in total. The van der Waals surface area contributed by atoms with Gasteiger partial charge in [-0.05, 0) is 51.0 Å². The summed E-state index contributed by atoms with van der Waals surface area (Å²) in [4.78, 5) is 12.9. The van der Waals surface area contributed by atoms with Crippen LogP contribution >= 0.6 is 0 Å². The number of anilines is 3. The maximum atomic E-state index is 13.1. The summed E-state index contributed by atoms with van der Waals surface area (Å²) < 4.78 is 51.2. The molecule has 1 saturated carbocycles. The highest BCUT2D eigenvalue weighted by atomic mass is 19.4. The molecule has 1 aliphatic carbocycles. The predicted octanol–water partition coefficient (Wildman–Crippen LogP) is 4.54. The zero-order chi connectivity index (χ0) is 24.5. The Hall–Kier alpha value is -3.34. The molecule has 1 fully saturated rings. The van der Waals surface area contributed by atoms with E-state index in [0.717, 1.165) is 30.7 Å². The number of hydrogen-bond donors (Lipinski definition) is 3. The number of nitrogens with two attached hydrogens (primary N) is 1. The van der Waals surface area contributed by atoms with Gasteiger partial charge >= 0.3 is 6.18 Å². The normalized spacial score (nSPS) is 14.8. The third-order valence-electron chi connectivity index (χ3n) is 5.59. The predicted molar refractivity (Wildman–Crippen MR) is 124 cm³/mol. The molecule has 0 aliphatic heterocycles. The van der Waals surface area contributed by atoms with Crippen LogP contribution in [0.1, 0.15) is 36.8 Å². The Kier molecular flexibility index (Phi) is 6.39. The highest BCUT2D eigenvalue weighted by molar-refractivity contribution is 5.93. The van der Waals surface area contributed by atoms with Crippen molar-refractivity contribution in [1.82, 2.24) is 15.0 Å². The van der Waals surface area contributed by atoms with Crippen LogP contribution in [-0.4, -0.2) is 40.8 Å². The molecule has 0 atom stereocenters. The lowest BCUT2D eigenvalue weighted by Crippen LogP contribution is -2.15. The van der Waals surface area contributed by atoms with Gasteiger partial charge in [-0.25, -0.2) is 15.0 Å². The Morgan fingerprint density at radius 2 is 1.85 bits per heavy atom. The molecule has 182 valence electrons. The van der Waals surface area contributed by atoms with E-state index >= 15 is 0 Å². The molecule has 2 heterocycles. The first-order valence-corrected chi connectivity index (χ1v) is 10.9. The Morgan fingerprint density at radius 3 is 2.53 bits per heavy atom. The highest BCUT2D eigenvalue weighted by Gasteiger charge is 2.38. The Morgan fingerprint density at radius 1 is 1.09 bits per heavy atom. The second-order valence-corrected chi connectivity index (χ2v) is 8.51. The summed E-state index contributed by atoms with van der Waals surface area (Å²) in [6, 6.07) is 5.42. The van der Waals surface area contributed by atoms with Gasteiger partial charge in [0.2, 0.25) is 0 Å². The number of nitrogen functional groups attached to an aromatic ring is 1. The molecule has 0 saturated heterocycles. The van der Waals surface area contributed by atoms with Crippen molar-refractivity contribution in [2.45, 2.75) is 45.0 Å². The number of benzene rings is 1. The van der Waals surface area contributed by atoms with Crippen molar-refractivity contribution >= 4 is 28.2 Å². The number of fused-ring (bicyclic) bond motifs is 1. The molecule has 1 aliphatic rings. The quantitative estimate of drug-likeness (QED) is 0.387.